The SMILES string of the molecule is CC(C)OC1CCC(CCC[C@@H](C)N2CCN(C(C)C)CC2)CC1. The third-order valence-electron chi connectivity index (χ3n) is 6.20. The van der Waals surface area contributed by atoms with Gasteiger partial charge in [-0.2, -0.15) is 0 Å². The van der Waals surface area contributed by atoms with Gasteiger partial charge in [0.05, 0.1) is 12.2 Å². The molecule has 1 saturated heterocycles. The lowest BCUT2D eigenvalue weighted by molar-refractivity contribution is -0.0204. The van der Waals surface area contributed by atoms with Crippen LogP contribution in [-0.4, -0.2) is 60.3 Å². The van der Waals surface area contributed by atoms with E-state index in [1.807, 2.05) is 0 Å². The fourth-order valence-corrected chi connectivity index (χ4v) is 4.52. The summed E-state index contributed by atoms with van der Waals surface area (Å²) >= 11 is 0. The van der Waals surface area contributed by atoms with E-state index in [9.17, 15) is 0 Å². The predicted molar refractivity (Wildman–Crippen MR) is 104 cm³/mol. The van der Waals surface area contributed by atoms with Crippen LogP contribution in [0.3, 0.4) is 0 Å². The molecule has 0 amide bonds. The molecule has 1 aliphatic heterocycles. The maximum Gasteiger partial charge on any atom is 0.0578 e. The summed E-state index contributed by atoms with van der Waals surface area (Å²) in [5.41, 5.74) is 0. The van der Waals surface area contributed by atoms with Crippen molar-refractivity contribution in [3.8, 4) is 0 Å². The first-order valence-corrected chi connectivity index (χ1v) is 10.6. The van der Waals surface area contributed by atoms with Gasteiger partial charge in [-0.3, -0.25) is 9.80 Å². The van der Waals surface area contributed by atoms with E-state index < -0.39 is 0 Å². The smallest absolute Gasteiger partial charge is 0.0578 e. The van der Waals surface area contributed by atoms with Crippen molar-refractivity contribution < 1.29 is 4.74 Å². The van der Waals surface area contributed by atoms with Crippen LogP contribution in [0.25, 0.3) is 0 Å². The molecule has 0 bridgehead atoms. The third-order valence-corrected chi connectivity index (χ3v) is 6.20. The minimum atomic E-state index is 0.392. The minimum absolute atomic E-state index is 0.392. The van der Waals surface area contributed by atoms with Crippen LogP contribution in [0.4, 0.5) is 0 Å². The molecule has 1 aliphatic carbocycles. The van der Waals surface area contributed by atoms with Crippen molar-refractivity contribution in [3.63, 3.8) is 0 Å². The molecule has 142 valence electrons. The van der Waals surface area contributed by atoms with Gasteiger partial charge in [-0.05, 0) is 72.6 Å². The molecule has 0 aromatic heterocycles. The van der Waals surface area contributed by atoms with Crippen molar-refractivity contribution in [2.45, 2.75) is 104 Å². The largest absolute Gasteiger partial charge is 0.376 e. The van der Waals surface area contributed by atoms with Crippen LogP contribution in [0.2, 0.25) is 0 Å². The first-order chi connectivity index (χ1) is 11.5. The molecule has 0 aromatic carbocycles. The van der Waals surface area contributed by atoms with Gasteiger partial charge in [-0.15, -0.1) is 0 Å². The molecular formula is C21H42N2O. The average Bonchev–Trinajstić information content (AvgIpc) is 2.56. The Labute approximate surface area is 151 Å². The zero-order valence-electron chi connectivity index (χ0n) is 17.0. The monoisotopic (exact) mass is 338 g/mol. The number of ether oxygens (including phenoxy) is 1. The maximum atomic E-state index is 5.98. The highest BCUT2D eigenvalue weighted by Gasteiger charge is 2.24. The van der Waals surface area contributed by atoms with Gasteiger partial charge in [0, 0.05) is 38.3 Å². The fraction of sp³-hybridized carbons (Fsp3) is 1.00. The van der Waals surface area contributed by atoms with Crippen LogP contribution in [0.15, 0.2) is 0 Å². The van der Waals surface area contributed by atoms with E-state index in [1.165, 1.54) is 71.1 Å². The molecule has 0 N–H and O–H groups in total. The van der Waals surface area contributed by atoms with Gasteiger partial charge >= 0.3 is 0 Å². The third kappa shape index (κ3) is 6.65. The quantitative estimate of drug-likeness (QED) is 0.645. The van der Waals surface area contributed by atoms with Crippen molar-refractivity contribution in [2.24, 2.45) is 5.92 Å². The highest BCUT2D eigenvalue weighted by Crippen LogP contribution is 2.30. The molecule has 1 heterocycles. The van der Waals surface area contributed by atoms with E-state index in [2.05, 4.69) is 44.4 Å². The molecule has 2 aliphatic rings. The lowest BCUT2D eigenvalue weighted by atomic mass is 9.84. The highest BCUT2D eigenvalue weighted by molar-refractivity contribution is 4.79. The zero-order chi connectivity index (χ0) is 17.5. The summed E-state index contributed by atoms with van der Waals surface area (Å²) in [4.78, 5) is 5.33. The van der Waals surface area contributed by atoms with Gasteiger partial charge in [0.2, 0.25) is 0 Å². The van der Waals surface area contributed by atoms with Crippen LogP contribution in [0.5, 0.6) is 0 Å². The zero-order valence-corrected chi connectivity index (χ0v) is 17.0. The summed E-state index contributed by atoms with van der Waals surface area (Å²) < 4.78 is 5.98. The Kier molecular flexibility index (Phi) is 8.53. The molecule has 1 atom stereocenters. The minimum Gasteiger partial charge on any atom is -0.376 e. The molecule has 0 spiro atoms. The Balaban J connectivity index is 1.56. The maximum absolute atomic E-state index is 5.98. The lowest BCUT2D eigenvalue weighted by Crippen LogP contribution is -2.51. The normalized spacial score (nSPS) is 28.6. The van der Waals surface area contributed by atoms with E-state index in [0.717, 1.165) is 12.0 Å². The molecule has 24 heavy (non-hydrogen) atoms. The number of hydrogen-bond donors (Lipinski definition) is 0. The van der Waals surface area contributed by atoms with E-state index in [1.54, 1.807) is 0 Å². The van der Waals surface area contributed by atoms with Crippen LogP contribution in [0.1, 0.15) is 79.6 Å². The second-order valence-corrected chi connectivity index (χ2v) is 8.77. The van der Waals surface area contributed by atoms with Crippen LogP contribution >= 0.6 is 0 Å². The molecule has 1 saturated carbocycles. The summed E-state index contributed by atoms with van der Waals surface area (Å²) in [6, 6.07) is 1.47. The molecule has 2 fully saturated rings. The second-order valence-electron chi connectivity index (χ2n) is 8.77. The molecule has 0 radical (unpaired) electrons. The van der Waals surface area contributed by atoms with Gasteiger partial charge in [-0.1, -0.05) is 12.8 Å². The van der Waals surface area contributed by atoms with E-state index >= 15 is 0 Å². The number of hydrogen-bond acceptors (Lipinski definition) is 3. The summed E-state index contributed by atoms with van der Waals surface area (Å²) in [5, 5.41) is 0. The number of nitrogens with zero attached hydrogens (tertiary/aromatic N) is 2. The average molecular weight is 339 g/mol. The second kappa shape index (κ2) is 10.1. The van der Waals surface area contributed by atoms with Gasteiger partial charge in [0.15, 0.2) is 0 Å². The van der Waals surface area contributed by atoms with Gasteiger partial charge in [-0.25, -0.2) is 0 Å². The summed E-state index contributed by atoms with van der Waals surface area (Å²) in [7, 11) is 0. The standard InChI is InChI=1S/C21H42N2O/c1-17(2)22-13-15-23(16-14-22)19(5)7-6-8-20-9-11-21(12-10-20)24-18(3)4/h17-21H,6-16H2,1-5H3/t19-,20?,21?/m1/s1. The molecule has 0 unspecified atom stereocenters. The molecule has 3 nitrogen and oxygen atoms in total. The molecule has 2 rings (SSSR count). The molecule has 3 heteroatoms. The highest BCUT2D eigenvalue weighted by atomic mass is 16.5. The Morgan fingerprint density at radius 3 is 1.96 bits per heavy atom. The van der Waals surface area contributed by atoms with Crippen LogP contribution in [0, 0.1) is 5.92 Å². The van der Waals surface area contributed by atoms with Crippen molar-refractivity contribution >= 4 is 0 Å². The lowest BCUT2D eigenvalue weighted by Gasteiger charge is -2.40. The summed E-state index contributed by atoms with van der Waals surface area (Å²) in [6.45, 7) is 16.4. The van der Waals surface area contributed by atoms with Crippen molar-refractivity contribution in [3.05, 3.63) is 0 Å². The summed E-state index contributed by atoms with van der Waals surface area (Å²) in [5.74, 6) is 0.960. The Hall–Kier alpha value is -0.120. The summed E-state index contributed by atoms with van der Waals surface area (Å²) in [6.07, 6.45) is 10.5. The topological polar surface area (TPSA) is 15.7 Å². The first kappa shape index (κ1) is 20.2. The molecule has 0 aromatic rings. The van der Waals surface area contributed by atoms with Crippen molar-refractivity contribution in [1.82, 2.24) is 9.80 Å². The van der Waals surface area contributed by atoms with Gasteiger partial charge in [0.25, 0.3) is 0 Å². The Bertz CT molecular complexity index is 329. The van der Waals surface area contributed by atoms with Gasteiger partial charge in [0.1, 0.15) is 0 Å². The fourth-order valence-electron chi connectivity index (χ4n) is 4.52. The van der Waals surface area contributed by atoms with Crippen molar-refractivity contribution in [2.75, 3.05) is 26.2 Å². The van der Waals surface area contributed by atoms with Crippen LogP contribution in [-0.2, 0) is 4.74 Å². The molecular weight excluding hydrogens is 296 g/mol. The Morgan fingerprint density at radius 2 is 1.42 bits per heavy atom. The predicted octanol–water partition coefficient (Wildman–Crippen LogP) is 4.56. The van der Waals surface area contributed by atoms with Gasteiger partial charge < -0.3 is 4.74 Å². The van der Waals surface area contributed by atoms with Crippen molar-refractivity contribution in [1.29, 1.82) is 0 Å². The van der Waals surface area contributed by atoms with E-state index in [0.29, 0.717) is 18.2 Å². The number of rotatable bonds is 8. The first-order valence-electron chi connectivity index (χ1n) is 10.6. The number of piperazine rings is 1. The van der Waals surface area contributed by atoms with E-state index in [4.69, 9.17) is 4.74 Å². The van der Waals surface area contributed by atoms with Crippen LogP contribution < -0.4 is 0 Å². The van der Waals surface area contributed by atoms with E-state index in [-0.39, 0.29) is 0 Å². The Morgan fingerprint density at radius 1 is 0.833 bits per heavy atom.